The first-order valence-corrected chi connectivity index (χ1v) is 6.95. The van der Waals surface area contributed by atoms with Crippen LogP contribution in [0.15, 0.2) is 73.0 Å². The van der Waals surface area contributed by atoms with Crippen LogP contribution in [0.5, 0.6) is 0 Å². The lowest BCUT2D eigenvalue weighted by Gasteiger charge is -2.07. The molecule has 1 N–H and O–H groups in total. The van der Waals surface area contributed by atoms with Crippen LogP contribution in [0.1, 0.15) is 11.1 Å². The molecule has 0 aliphatic rings. The second kappa shape index (κ2) is 7.34. The van der Waals surface area contributed by atoms with E-state index >= 15 is 0 Å². The van der Waals surface area contributed by atoms with Crippen molar-refractivity contribution in [1.82, 2.24) is 5.32 Å². The molecule has 2 aromatic rings. The van der Waals surface area contributed by atoms with Crippen molar-refractivity contribution in [3.63, 3.8) is 0 Å². The molecule has 1 nitrogen and oxygen atoms in total. The van der Waals surface area contributed by atoms with E-state index in [4.69, 9.17) is 0 Å². The van der Waals surface area contributed by atoms with E-state index in [1.807, 2.05) is 19.3 Å². The monoisotopic (exact) mass is 263 g/mol. The van der Waals surface area contributed by atoms with Gasteiger partial charge in [-0.2, -0.15) is 0 Å². The Bertz CT molecular complexity index is 594. The minimum Gasteiger partial charge on any atom is -0.394 e. The highest BCUT2D eigenvalue weighted by Gasteiger charge is 2.01. The Labute approximate surface area is 121 Å². The molecule has 0 atom stereocenters. The van der Waals surface area contributed by atoms with Crippen LogP contribution < -0.4 is 5.32 Å². The fourth-order valence-corrected chi connectivity index (χ4v) is 2.13. The van der Waals surface area contributed by atoms with E-state index in [9.17, 15) is 0 Å². The maximum absolute atomic E-state index is 2.98. The molecule has 1 heteroatoms. The second-order valence-corrected chi connectivity index (χ2v) is 4.79. The van der Waals surface area contributed by atoms with Crippen molar-refractivity contribution in [3.05, 3.63) is 84.1 Å². The number of aryl methyl sites for hydroxylation is 1. The van der Waals surface area contributed by atoms with Crippen LogP contribution in [0.3, 0.4) is 0 Å². The molecule has 0 radical (unpaired) electrons. The van der Waals surface area contributed by atoms with Crippen molar-refractivity contribution in [2.75, 3.05) is 7.05 Å². The highest BCUT2D eigenvalue weighted by molar-refractivity contribution is 5.64. The molecule has 0 unspecified atom stereocenters. The quantitative estimate of drug-likeness (QED) is 0.783. The van der Waals surface area contributed by atoms with E-state index in [1.54, 1.807) is 0 Å². The molecule has 0 aromatic heterocycles. The molecule has 0 aliphatic heterocycles. The fourth-order valence-electron chi connectivity index (χ4n) is 2.13. The summed E-state index contributed by atoms with van der Waals surface area (Å²) in [6.45, 7) is 2.17. The number of hydrogen-bond donors (Lipinski definition) is 1. The Morgan fingerprint density at radius 2 is 1.75 bits per heavy atom. The SMILES string of the molecule is CN/C=C\C=C/Cc1cc(-c2ccccc2)ccc1C. The average Bonchev–Trinajstić information content (AvgIpc) is 2.49. The first-order valence-electron chi connectivity index (χ1n) is 6.95. The summed E-state index contributed by atoms with van der Waals surface area (Å²) in [4.78, 5) is 0. The molecule has 0 amide bonds. The lowest BCUT2D eigenvalue weighted by molar-refractivity contribution is 1.10. The molecule has 0 fully saturated rings. The highest BCUT2D eigenvalue weighted by Crippen LogP contribution is 2.22. The van der Waals surface area contributed by atoms with Gasteiger partial charge in [-0.25, -0.2) is 0 Å². The fraction of sp³-hybridized carbons (Fsp3) is 0.158. The molecule has 0 aliphatic carbocycles. The Hall–Kier alpha value is -2.28. The highest BCUT2D eigenvalue weighted by atomic mass is 14.8. The van der Waals surface area contributed by atoms with Gasteiger partial charge in [-0.3, -0.25) is 0 Å². The van der Waals surface area contributed by atoms with Crippen LogP contribution in [-0.2, 0) is 6.42 Å². The molecule has 0 bridgehead atoms. The number of rotatable bonds is 5. The van der Waals surface area contributed by atoms with Crippen LogP contribution >= 0.6 is 0 Å². The van der Waals surface area contributed by atoms with Crippen LogP contribution in [-0.4, -0.2) is 7.05 Å². The van der Waals surface area contributed by atoms with Gasteiger partial charge in [0.15, 0.2) is 0 Å². The molecular weight excluding hydrogens is 242 g/mol. The Kier molecular flexibility index (Phi) is 5.19. The van der Waals surface area contributed by atoms with Crippen LogP contribution in [0.25, 0.3) is 11.1 Å². The number of hydrogen-bond acceptors (Lipinski definition) is 1. The lowest BCUT2D eigenvalue weighted by atomic mass is 9.98. The molecule has 2 aromatic carbocycles. The predicted molar refractivity (Wildman–Crippen MR) is 87.7 cm³/mol. The van der Waals surface area contributed by atoms with E-state index < -0.39 is 0 Å². The van der Waals surface area contributed by atoms with Crippen LogP contribution in [0.4, 0.5) is 0 Å². The Morgan fingerprint density at radius 3 is 2.50 bits per heavy atom. The van der Waals surface area contributed by atoms with Gasteiger partial charge in [0.25, 0.3) is 0 Å². The van der Waals surface area contributed by atoms with Gasteiger partial charge in [-0.05, 0) is 47.9 Å². The van der Waals surface area contributed by atoms with Crippen molar-refractivity contribution in [2.24, 2.45) is 0 Å². The summed E-state index contributed by atoms with van der Waals surface area (Å²) in [6, 6.07) is 17.2. The maximum Gasteiger partial charge on any atom is 0.00277 e. The van der Waals surface area contributed by atoms with E-state index in [0.29, 0.717) is 0 Å². The van der Waals surface area contributed by atoms with Gasteiger partial charge in [-0.15, -0.1) is 0 Å². The number of allylic oxidation sites excluding steroid dienone is 3. The zero-order valence-electron chi connectivity index (χ0n) is 12.1. The van der Waals surface area contributed by atoms with Crippen molar-refractivity contribution in [2.45, 2.75) is 13.3 Å². The van der Waals surface area contributed by atoms with E-state index in [0.717, 1.165) is 6.42 Å². The van der Waals surface area contributed by atoms with Crippen molar-refractivity contribution in [1.29, 1.82) is 0 Å². The smallest absolute Gasteiger partial charge is 0.00277 e. The zero-order valence-corrected chi connectivity index (χ0v) is 12.1. The van der Waals surface area contributed by atoms with E-state index in [-0.39, 0.29) is 0 Å². The third kappa shape index (κ3) is 3.86. The van der Waals surface area contributed by atoms with E-state index in [1.165, 1.54) is 22.3 Å². The summed E-state index contributed by atoms with van der Waals surface area (Å²) in [5, 5.41) is 2.98. The van der Waals surface area contributed by atoms with Crippen molar-refractivity contribution >= 4 is 0 Å². The lowest BCUT2D eigenvalue weighted by Crippen LogP contribution is -1.90. The standard InChI is InChI=1S/C19H21N/c1-16-12-13-19(17-9-5-3-6-10-17)15-18(16)11-7-4-8-14-20-2/h3-10,12-15,20H,11H2,1-2H3/b7-4-,14-8-. The molecule has 0 spiro atoms. The van der Waals surface area contributed by atoms with Gasteiger partial charge >= 0.3 is 0 Å². The van der Waals surface area contributed by atoms with Crippen LogP contribution in [0.2, 0.25) is 0 Å². The normalized spacial score (nSPS) is 11.3. The summed E-state index contributed by atoms with van der Waals surface area (Å²) < 4.78 is 0. The summed E-state index contributed by atoms with van der Waals surface area (Å²) in [6.07, 6.45) is 9.15. The topological polar surface area (TPSA) is 12.0 Å². The van der Waals surface area contributed by atoms with Gasteiger partial charge < -0.3 is 5.32 Å². The first-order chi connectivity index (χ1) is 9.81. The molecule has 0 saturated heterocycles. The molecule has 20 heavy (non-hydrogen) atoms. The molecule has 0 heterocycles. The molecular formula is C19H21N. The number of nitrogens with one attached hydrogen (secondary N) is 1. The van der Waals surface area contributed by atoms with Gasteiger partial charge in [0.05, 0.1) is 0 Å². The van der Waals surface area contributed by atoms with E-state index in [2.05, 4.69) is 72.9 Å². The summed E-state index contributed by atoms with van der Waals surface area (Å²) >= 11 is 0. The molecule has 102 valence electrons. The average molecular weight is 263 g/mol. The summed E-state index contributed by atoms with van der Waals surface area (Å²) in [7, 11) is 1.90. The largest absolute Gasteiger partial charge is 0.394 e. The second-order valence-electron chi connectivity index (χ2n) is 4.79. The summed E-state index contributed by atoms with van der Waals surface area (Å²) in [5.74, 6) is 0. The minimum atomic E-state index is 0.959. The third-order valence-electron chi connectivity index (χ3n) is 3.30. The molecule has 2 rings (SSSR count). The third-order valence-corrected chi connectivity index (χ3v) is 3.30. The van der Waals surface area contributed by atoms with Crippen molar-refractivity contribution in [3.8, 4) is 11.1 Å². The predicted octanol–water partition coefficient (Wildman–Crippen LogP) is 4.49. The van der Waals surface area contributed by atoms with Gasteiger partial charge in [0.2, 0.25) is 0 Å². The van der Waals surface area contributed by atoms with Crippen molar-refractivity contribution < 1.29 is 0 Å². The summed E-state index contributed by atoms with van der Waals surface area (Å²) in [5.41, 5.74) is 5.27. The minimum absolute atomic E-state index is 0.959. The maximum atomic E-state index is 2.98. The molecule has 0 saturated carbocycles. The first kappa shape index (κ1) is 14.1. The Balaban J connectivity index is 2.17. The van der Waals surface area contributed by atoms with Gasteiger partial charge in [-0.1, -0.05) is 60.7 Å². The number of benzene rings is 2. The Morgan fingerprint density at radius 1 is 0.950 bits per heavy atom. The zero-order chi connectivity index (χ0) is 14.2. The van der Waals surface area contributed by atoms with Gasteiger partial charge in [0, 0.05) is 7.05 Å². The van der Waals surface area contributed by atoms with Crippen LogP contribution in [0, 0.1) is 6.92 Å². The van der Waals surface area contributed by atoms with Gasteiger partial charge in [0.1, 0.15) is 0 Å².